The van der Waals surface area contributed by atoms with Gasteiger partial charge in [-0.15, -0.1) is 0 Å². The average molecular weight is 396 g/mol. The van der Waals surface area contributed by atoms with Gasteiger partial charge in [0.15, 0.2) is 6.04 Å². The first-order valence-corrected chi connectivity index (χ1v) is 9.56. The van der Waals surface area contributed by atoms with E-state index in [1.165, 1.54) is 0 Å². The minimum Gasteiger partial charge on any atom is -0.464 e. The molecule has 1 heterocycles. The van der Waals surface area contributed by atoms with Crippen LogP contribution in [0.4, 0.5) is 4.79 Å². The predicted molar refractivity (Wildman–Crippen MR) is 106 cm³/mol. The van der Waals surface area contributed by atoms with Crippen molar-refractivity contribution in [1.29, 1.82) is 0 Å². The van der Waals surface area contributed by atoms with Gasteiger partial charge in [-0.2, -0.15) is 0 Å². The van der Waals surface area contributed by atoms with Crippen molar-refractivity contribution in [3.8, 4) is 0 Å². The Morgan fingerprint density at radius 1 is 1.03 bits per heavy atom. The zero-order valence-electron chi connectivity index (χ0n) is 16.3. The average Bonchev–Trinajstić information content (AvgIpc) is 3.16. The van der Waals surface area contributed by atoms with Crippen molar-refractivity contribution in [2.75, 3.05) is 19.8 Å². The molecular formula is C22H24N2O5. The van der Waals surface area contributed by atoms with E-state index >= 15 is 0 Å². The highest BCUT2D eigenvalue weighted by Crippen LogP contribution is 2.18. The lowest BCUT2D eigenvalue weighted by Gasteiger charge is -2.30. The molecule has 0 saturated carbocycles. The van der Waals surface area contributed by atoms with Crippen LogP contribution in [0.15, 0.2) is 60.7 Å². The quantitative estimate of drug-likeness (QED) is 0.504. The second-order valence-corrected chi connectivity index (χ2v) is 6.64. The first-order chi connectivity index (χ1) is 14.1. The van der Waals surface area contributed by atoms with Crippen molar-refractivity contribution < 1.29 is 23.9 Å². The van der Waals surface area contributed by atoms with Gasteiger partial charge in [-0.1, -0.05) is 60.7 Å². The summed E-state index contributed by atoms with van der Waals surface area (Å²) < 4.78 is 10.1. The van der Waals surface area contributed by atoms with Crippen LogP contribution in [0, 0.1) is 0 Å². The maximum absolute atomic E-state index is 13.2. The number of hydrogen-bond acceptors (Lipinski definition) is 6. The van der Waals surface area contributed by atoms with Crippen LogP contribution in [-0.2, 0) is 32.2 Å². The van der Waals surface area contributed by atoms with E-state index in [0.29, 0.717) is 13.1 Å². The normalized spacial score (nSPS) is 14.6. The first kappa shape index (κ1) is 20.5. The van der Waals surface area contributed by atoms with Gasteiger partial charge < -0.3 is 9.47 Å². The van der Waals surface area contributed by atoms with Crippen molar-refractivity contribution in [1.82, 2.24) is 9.80 Å². The number of hydrogen-bond donors (Lipinski definition) is 0. The predicted octanol–water partition coefficient (Wildman–Crippen LogP) is 2.60. The van der Waals surface area contributed by atoms with Crippen LogP contribution >= 0.6 is 0 Å². The number of cyclic esters (lactones) is 1. The fourth-order valence-electron chi connectivity index (χ4n) is 3.24. The summed E-state index contributed by atoms with van der Waals surface area (Å²) in [6.45, 7) is 2.75. The Hall–Kier alpha value is -3.19. The summed E-state index contributed by atoms with van der Waals surface area (Å²) in [4.78, 5) is 40.6. The number of carbonyl (C=O) groups is 3. The minimum atomic E-state index is -1.25. The number of carbonyl (C=O) groups excluding carboxylic acids is 3. The summed E-state index contributed by atoms with van der Waals surface area (Å²) in [5.74, 6) is -1.30. The van der Waals surface area contributed by atoms with Crippen LogP contribution in [-0.4, -0.2) is 53.6 Å². The number of benzene rings is 2. The summed E-state index contributed by atoms with van der Waals surface area (Å²) in [5.41, 5.74) is 1.88. The van der Waals surface area contributed by atoms with Crippen molar-refractivity contribution in [2.45, 2.75) is 26.1 Å². The van der Waals surface area contributed by atoms with Gasteiger partial charge in [0.25, 0.3) is 5.91 Å². The number of amides is 2. The van der Waals surface area contributed by atoms with Gasteiger partial charge in [0.05, 0.1) is 13.2 Å². The Kier molecular flexibility index (Phi) is 6.97. The van der Waals surface area contributed by atoms with Crippen molar-refractivity contribution in [3.63, 3.8) is 0 Å². The molecule has 0 radical (unpaired) electrons. The zero-order chi connectivity index (χ0) is 20.6. The Balaban J connectivity index is 1.94. The lowest BCUT2D eigenvalue weighted by molar-refractivity contribution is -0.156. The topological polar surface area (TPSA) is 76.1 Å². The van der Waals surface area contributed by atoms with Crippen molar-refractivity contribution in [3.05, 3.63) is 71.8 Å². The number of esters is 1. The molecule has 3 rings (SSSR count). The lowest BCUT2D eigenvalue weighted by atomic mass is 10.1. The van der Waals surface area contributed by atoms with Crippen LogP contribution in [0.3, 0.4) is 0 Å². The fourth-order valence-corrected chi connectivity index (χ4v) is 3.24. The number of imide groups is 1. The van der Waals surface area contributed by atoms with Crippen LogP contribution in [0.2, 0.25) is 0 Å². The van der Waals surface area contributed by atoms with E-state index in [4.69, 9.17) is 9.47 Å². The molecule has 1 fully saturated rings. The molecule has 1 aliphatic heterocycles. The smallest absolute Gasteiger partial charge is 0.416 e. The fraction of sp³-hybridized carbons (Fsp3) is 0.318. The lowest BCUT2D eigenvalue weighted by Crippen LogP contribution is -2.53. The van der Waals surface area contributed by atoms with E-state index in [1.54, 1.807) is 11.8 Å². The number of ether oxygens (including phenoxy) is 2. The second kappa shape index (κ2) is 9.84. The van der Waals surface area contributed by atoms with Crippen LogP contribution in [0.5, 0.6) is 0 Å². The van der Waals surface area contributed by atoms with E-state index in [2.05, 4.69) is 0 Å². The summed E-state index contributed by atoms with van der Waals surface area (Å²) in [5, 5.41) is 0. The van der Waals surface area contributed by atoms with Crippen LogP contribution in [0.1, 0.15) is 18.1 Å². The van der Waals surface area contributed by atoms with Crippen molar-refractivity contribution in [2.24, 2.45) is 0 Å². The summed E-state index contributed by atoms with van der Waals surface area (Å²) in [6, 6.07) is 17.8. The third kappa shape index (κ3) is 5.20. The third-order valence-corrected chi connectivity index (χ3v) is 4.59. The SMILES string of the molecule is CCOC(=O)C(C(=O)N1CCOC1=O)N(Cc1ccccc1)Cc1ccccc1. The molecule has 2 aromatic rings. The van der Waals surface area contributed by atoms with Crippen LogP contribution < -0.4 is 0 Å². The molecule has 0 bridgehead atoms. The molecule has 1 saturated heterocycles. The van der Waals surface area contributed by atoms with Gasteiger partial charge in [0, 0.05) is 13.1 Å². The molecule has 152 valence electrons. The van der Waals surface area contributed by atoms with Gasteiger partial charge in [-0.25, -0.2) is 14.5 Å². The molecule has 0 aromatic heterocycles. The Morgan fingerprint density at radius 2 is 1.59 bits per heavy atom. The standard InChI is InChI=1S/C22H24N2O5/c1-2-28-21(26)19(20(25)24-13-14-29-22(24)27)23(15-17-9-5-3-6-10-17)16-18-11-7-4-8-12-18/h3-12,19H,2,13-16H2,1H3. The third-order valence-electron chi connectivity index (χ3n) is 4.59. The Bertz CT molecular complexity index is 799. The van der Waals surface area contributed by atoms with Gasteiger partial charge in [0.2, 0.25) is 0 Å². The largest absolute Gasteiger partial charge is 0.464 e. The van der Waals surface area contributed by atoms with Gasteiger partial charge in [0.1, 0.15) is 6.61 Å². The summed E-state index contributed by atoms with van der Waals surface area (Å²) in [7, 11) is 0. The molecule has 0 N–H and O–H groups in total. The molecule has 1 unspecified atom stereocenters. The molecule has 2 aromatic carbocycles. The number of rotatable bonds is 8. The Labute approximate surface area is 169 Å². The van der Waals surface area contributed by atoms with Gasteiger partial charge >= 0.3 is 12.1 Å². The van der Waals surface area contributed by atoms with E-state index in [1.807, 2.05) is 60.7 Å². The molecule has 7 nitrogen and oxygen atoms in total. The van der Waals surface area contributed by atoms with E-state index in [-0.39, 0.29) is 19.8 Å². The van der Waals surface area contributed by atoms with E-state index < -0.39 is 24.0 Å². The summed E-state index contributed by atoms with van der Waals surface area (Å²) >= 11 is 0. The van der Waals surface area contributed by atoms with Gasteiger partial charge in [-0.05, 0) is 18.1 Å². The maximum Gasteiger partial charge on any atom is 0.416 e. The minimum absolute atomic E-state index is 0.123. The van der Waals surface area contributed by atoms with Crippen LogP contribution in [0.25, 0.3) is 0 Å². The molecule has 0 spiro atoms. The molecular weight excluding hydrogens is 372 g/mol. The zero-order valence-corrected chi connectivity index (χ0v) is 16.3. The number of nitrogens with zero attached hydrogens (tertiary/aromatic N) is 2. The molecule has 7 heteroatoms. The first-order valence-electron chi connectivity index (χ1n) is 9.56. The van der Waals surface area contributed by atoms with E-state index in [9.17, 15) is 14.4 Å². The van der Waals surface area contributed by atoms with Gasteiger partial charge in [-0.3, -0.25) is 9.69 Å². The molecule has 1 atom stereocenters. The Morgan fingerprint density at radius 3 is 2.03 bits per heavy atom. The van der Waals surface area contributed by atoms with E-state index in [0.717, 1.165) is 16.0 Å². The maximum atomic E-state index is 13.2. The highest BCUT2D eigenvalue weighted by molar-refractivity contribution is 6.07. The highest BCUT2D eigenvalue weighted by Gasteiger charge is 2.41. The van der Waals surface area contributed by atoms with Crippen molar-refractivity contribution >= 4 is 18.0 Å². The molecule has 2 amide bonds. The monoisotopic (exact) mass is 396 g/mol. The molecule has 1 aliphatic rings. The highest BCUT2D eigenvalue weighted by atomic mass is 16.6. The molecule has 0 aliphatic carbocycles. The second-order valence-electron chi connectivity index (χ2n) is 6.64. The summed E-state index contributed by atoms with van der Waals surface area (Å²) in [6.07, 6.45) is -0.733. The molecule has 29 heavy (non-hydrogen) atoms.